The molecule has 2 fully saturated rings. The highest BCUT2D eigenvalue weighted by atomic mass is 16.5. The average molecular weight is 402 g/mol. The van der Waals surface area contributed by atoms with Crippen molar-refractivity contribution in [1.82, 2.24) is 9.80 Å². The Labute approximate surface area is 174 Å². The smallest absolute Gasteiger partial charge is 0.223 e. The number of rotatable bonds is 9. The summed E-state index contributed by atoms with van der Waals surface area (Å²) in [5, 5.41) is 0. The molecule has 0 radical (unpaired) electrons. The van der Waals surface area contributed by atoms with Crippen LogP contribution in [0.5, 0.6) is 0 Å². The van der Waals surface area contributed by atoms with Crippen LogP contribution in [0.2, 0.25) is 0 Å². The molecule has 2 heterocycles. The van der Waals surface area contributed by atoms with Crippen molar-refractivity contribution in [2.45, 2.75) is 58.1 Å². The molecule has 160 valence electrons. The highest BCUT2D eigenvalue weighted by molar-refractivity contribution is 5.82. The molecule has 0 aromatic heterocycles. The SMILES string of the molecule is Cc1ccccc1CN1CCC(CN(CC2CCCO2)C(=O)CCC(N)=O)CC1. The third kappa shape index (κ3) is 6.82. The molecule has 2 saturated heterocycles. The molecule has 29 heavy (non-hydrogen) atoms. The van der Waals surface area contributed by atoms with E-state index in [0.717, 1.165) is 58.5 Å². The maximum Gasteiger partial charge on any atom is 0.223 e. The number of benzene rings is 1. The van der Waals surface area contributed by atoms with E-state index in [2.05, 4.69) is 36.1 Å². The van der Waals surface area contributed by atoms with Crippen molar-refractivity contribution in [1.29, 1.82) is 0 Å². The molecule has 1 unspecified atom stereocenters. The van der Waals surface area contributed by atoms with E-state index in [1.165, 1.54) is 11.1 Å². The van der Waals surface area contributed by atoms with Crippen molar-refractivity contribution in [3.63, 3.8) is 0 Å². The minimum Gasteiger partial charge on any atom is -0.376 e. The highest BCUT2D eigenvalue weighted by Gasteiger charge is 2.27. The number of piperidine rings is 1. The van der Waals surface area contributed by atoms with Crippen LogP contribution in [0.4, 0.5) is 0 Å². The number of carbonyl (C=O) groups is 2. The summed E-state index contributed by atoms with van der Waals surface area (Å²) in [6.07, 6.45) is 4.71. The van der Waals surface area contributed by atoms with Gasteiger partial charge in [0.15, 0.2) is 0 Å². The van der Waals surface area contributed by atoms with Gasteiger partial charge >= 0.3 is 0 Å². The van der Waals surface area contributed by atoms with Crippen LogP contribution < -0.4 is 5.73 Å². The van der Waals surface area contributed by atoms with Crippen molar-refractivity contribution in [2.24, 2.45) is 11.7 Å². The van der Waals surface area contributed by atoms with Gasteiger partial charge in [-0.1, -0.05) is 24.3 Å². The van der Waals surface area contributed by atoms with Crippen molar-refractivity contribution < 1.29 is 14.3 Å². The molecule has 2 amide bonds. The maximum absolute atomic E-state index is 12.7. The van der Waals surface area contributed by atoms with Crippen molar-refractivity contribution in [2.75, 3.05) is 32.8 Å². The highest BCUT2D eigenvalue weighted by Crippen LogP contribution is 2.23. The van der Waals surface area contributed by atoms with Gasteiger partial charge in [-0.05, 0) is 62.7 Å². The van der Waals surface area contributed by atoms with Crippen LogP contribution in [0.25, 0.3) is 0 Å². The number of amides is 2. The fourth-order valence-electron chi connectivity index (χ4n) is 4.37. The summed E-state index contributed by atoms with van der Waals surface area (Å²) in [4.78, 5) is 28.2. The zero-order chi connectivity index (χ0) is 20.6. The first-order valence-electron chi connectivity index (χ1n) is 11.0. The zero-order valence-corrected chi connectivity index (χ0v) is 17.6. The molecule has 0 saturated carbocycles. The van der Waals surface area contributed by atoms with Crippen LogP contribution in [-0.2, 0) is 20.9 Å². The van der Waals surface area contributed by atoms with Gasteiger partial charge in [0.2, 0.25) is 11.8 Å². The van der Waals surface area contributed by atoms with Gasteiger partial charge < -0.3 is 15.4 Å². The number of carbonyl (C=O) groups excluding carboxylic acids is 2. The Hall–Kier alpha value is -1.92. The maximum atomic E-state index is 12.7. The second-order valence-corrected chi connectivity index (χ2v) is 8.55. The number of hydrogen-bond donors (Lipinski definition) is 1. The van der Waals surface area contributed by atoms with E-state index in [1.54, 1.807) is 0 Å². The van der Waals surface area contributed by atoms with E-state index in [-0.39, 0.29) is 24.9 Å². The third-order valence-electron chi connectivity index (χ3n) is 6.23. The van der Waals surface area contributed by atoms with Crippen LogP contribution in [-0.4, -0.2) is 60.5 Å². The van der Waals surface area contributed by atoms with Crippen LogP contribution in [0, 0.1) is 12.8 Å². The van der Waals surface area contributed by atoms with Crippen LogP contribution in [0.3, 0.4) is 0 Å². The number of hydrogen-bond acceptors (Lipinski definition) is 4. The lowest BCUT2D eigenvalue weighted by atomic mass is 9.95. The number of aryl methyl sites for hydroxylation is 1. The summed E-state index contributed by atoms with van der Waals surface area (Å²) in [6, 6.07) is 8.57. The Kier molecular flexibility index (Phi) is 8.07. The lowest BCUT2D eigenvalue weighted by Gasteiger charge is -2.36. The van der Waals surface area contributed by atoms with Gasteiger partial charge in [0.25, 0.3) is 0 Å². The topological polar surface area (TPSA) is 75.9 Å². The first kappa shape index (κ1) is 21.8. The Balaban J connectivity index is 1.50. The molecule has 0 spiro atoms. The van der Waals surface area contributed by atoms with E-state index >= 15 is 0 Å². The Morgan fingerprint density at radius 2 is 1.90 bits per heavy atom. The molecule has 6 nitrogen and oxygen atoms in total. The van der Waals surface area contributed by atoms with Gasteiger partial charge in [-0.2, -0.15) is 0 Å². The van der Waals surface area contributed by atoms with E-state index < -0.39 is 5.91 Å². The van der Waals surface area contributed by atoms with E-state index in [1.807, 2.05) is 4.90 Å². The number of nitrogens with zero attached hydrogens (tertiary/aromatic N) is 2. The van der Waals surface area contributed by atoms with E-state index in [4.69, 9.17) is 10.5 Å². The molecule has 1 aromatic rings. The second-order valence-electron chi connectivity index (χ2n) is 8.55. The normalized spacial score (nSPS) is 20.7. The fourth-order valence-corrected chi connectivity index (χ4v) is 4.37. The summed E-state index contributed by atoms with van der Waals surface area (Å²) in [5.74, 6) is 0.114. The summed E-state index contributed by atoms with van der Waals surface area (Å²) >= 11 is 0. The summed E-state index contributed by atoms with van der Waals surface area (Å²) < 4.78 is 5.75. The molecule has 1 aromatic carbocycles. The van der Waals surface area contributed by atoms with Crippen LogP contribution in [0.1, 0.15) is 49.7 Å². The summed E-state index contributed by atoms with van der Waals surface area (Å²) in [6.45, 7) is 7.46. The van der Waals surface area contributed by atoms with Gasteiger partial charge in [-0.25, -0.2) is 0 Å². The molecule has 2 aliphatic heterocycles. The Morgan fingerprint density at radius 3 is 2.55 bits per heavy atom. The molecule has 1 atom stereocenters. The Morgan fingerprint density at radius 1 is 1.14 bits per heavy atom. The predicted molar refractivity (Wildman–Crippen MR) is 113 cm³/mol. The minimum absolute atomic E-state index is 0.0293. The number of likely N-dealkylation sites (tertiary alicyclic amines) is 1. The average Bonchev–Trinajstić information content (AvgIpc) is 3.22. The first-order chi connectivity index (χ1) is 14.0. The first-order valence-corrected chi connectivity index (χ1v) is 11.0. The molecule has 0 bridgehead atoms. The van der Waals surface area contributed by atoms with Crippen molar-refractivity contribution >= 4 is 11.8 Å². The van der Waals surface area contributed by atoms with Gasteiger partial charge in [-0.3, -0.25) is 14.5 Å². The molecule has 6 heteroatoms. The quantitative estimate of drug-likeness (QED) is 0.690. The third-order valence-corrected chi connectivity index (χ3v) is 6.23. The van der Waals surface area contributed by atoms with Gasteiger partial charge in [0, 0.05) is 39.1 Å². The monoisotopic (exact) mass is 401 g/mol. The molecular formula is C23H35N3O3. The largest absolute Gasteiger partial charge is 0.376 e. The van der Waals surface area contributed by atoms with Crippen LogP contribution >= 0.6 is 0 Å². The van der Waals surface area contributed by atoms with Crippen molar-refractivity contribution in [3.8, 4) is 0 Å². The zero-order valence-electron chi connectivity index (χ0n) is 17.6. The molecule has 3 rings (SSSR count). The standard InChI is InChI=1S/C23H35N3O3/c1-18-5-2-3-6-20(18)16-25-12-10-19(11-13-25)15-26(17-21-7-4-14-29-21)23(28)9-8-22(24)27/h2-3,5-6,19,21H,4,7-17H2,1H3,(H2,24,27). The summed E-state index contributed by atoms with van der Waals surface area (Å²) in [7, 11) is 0. The second kappa shape index (κ2) is 10.7. The minimum atomic E-state index is -0.417. The van der Waals surface area contributed by atoms with Gasteiger partial charge in [0.05, 0.1) is 6.10 Å². The molecular weight excluding hydrogens is 366 g/mol. The molecule has 2 aliphatic rings. The molecule has 2 N–H and O–H groups in total. The number of nitrogens with two attached hydrogens (primary N) is 1. The van der Waals surface area contributed by atoms with Gasteiger partial charge in [-0.15, -0.1) is 0 Å². The van der Waals surface area contributed by atoms with E-state index in [9.17, 15) is 9.59 Å². The number of primary amides is 1. The molecule has 0 aliphatic carbocycles. The van der Waals surface area contributed by atoms with E-state index in [0.29, 0.717) is 12.5 Å². The van der Waals surface area contributed by atoms with Gasteiger partial charge in [0.1, 0.15) is 0 Å². The lowest BCUT2D eigenvalue weighted by Crippen LogP contribution is -2.43. The fraction of sp³-hybridized carbons (Fsp3) is 0.652. The Bertz CT molecular complexity index is 680. The number of ether oxygens (including phenoxy) is 1. The lowest BCUT2D eigenvalue weighted by molar-refractivity contribution is -0.135. The predicted octanol–water partition coefficient (Wildman–Crippen LogP) is 2.48. The summed E-state index contributed by atoms with van der Waals surface area (Å²) in [5.41, 5.74) is 7.98. The van der Waals surface area contributed by atoms with Crippen molar-refractivity contribution in [3.05, 3.63) is 35.4 Å². The van der Waals surface area contributed by atoms with Crippen LogP contribution in [0.15, 0.2) is 24.3 Å².